The van der Waals surface area contributed by atoms with Crippen molar-refractivity contribution in [2.24, 2.45) is 0 Å². The molecule has 2 nitrogen and oxygen atoms in total. The van der Waals surface area contributed by atoms with E-state index in [-0.39, 0.29) is 0 Å². The Balaban J connectivity index is 2.45. The normalized spacial score (nSPS) is 10.7. The molecule has 1 aromatic carbocycles. The highest BCUT2D eigenvalue weighted by atomic mass is 35.5. The van der Waals surface area contributed by atoms with E-state index in [0.717, 1.165) is 24.8 Å². The van der Waals surface area contributed by atoms with E-state index in [0.29, 0.717) is 26.7 Å². The van der Waals surface area contributed by atoms with Crippen molar-refractivity contribution in [3.63, 3.8) is 0 Å². The molecule has 0 atom stereocenters. The van der Waals surface area contributed by atoms with Gasteiger partial charge in [-0.15, -0.1) is 0 Å². The van der Waals surface area contributed by atoms with Crippen molar-refractivity contribution in [2.75, 3.05) is 0 Å². The SMILES string of the molecule is CCCCc1nc(Cl)c(-c2ccccc2Cl)c(Cl)n1. The van der Waals surface area contributed by atoms with E-state index in [2.05, 4.69) is 16.9 Å². The van der Waals surface area contributed by atoms with Gasteiger partial charge in [0.1, 0.15) is 16.1 Å². The van der Waals surface area contributed by atoms with Crippen molar-refractivity contribution < 1.29 is 0 Å². The van der Waals surface area contributed by atoms with Crippen LogP contribution >= 0.6 is 34.8 Å². The molecule has 0 saturated heterocycles. The van der Waals surface area contributed by atoms with Gasteiger partial charge in [0.05, 0.1) is 5.56 Å². The summed E-state index contributed by atoms with van der Waals surface area (Å²) in [5.41, 5.74) is 1.34. The number of benzene rings is 1. The second kappa shape index (κ2) is 6.56. The molecule has 0 bridgehead atoms. The first-order valence-corrected chi connectivity index (χ1v) is 7.23. The molecule has 0 radical (unpaired) electrons. The lowest BCUT2D eigenvalue weighted by atomic mass is 10.1. The minimum absolute atomic E-state index is 0.346. The molecule has 0 aliphatic heterocycles. The number of rotatable bonds is 4. The molecule has 0 N–H and O–H groups in total. The largest absolute Gasteiger partial charge is 0.220 e. The average molecular weight is 316 g/mol. The third kappa shape index (κ3) is 3.38. The molecule has 1 heterocycles. The number of aromatic nitrogens is 2. The van der Waals surface area contributed by atoms with E-state index >= 15 is 0 Å². The van der Waals surface area contributed by atoms with Gasteiger partial charge in [0.25, 0.3) is 0 Å². The molecule has 0 saturated carbocycles. The Labute approximate surface area is 127 Å². The van der Waals surface area contributed by atoms with Crippen LogP contribution in [0.4, 0.5) is 0 Å². The fourth-order valence-electron chi connectivity index (χ4n) is 1.78. The Kier molecular flexibility index (Phi) is 5.03. The highest BCUT2D eigenvalue weighted by molar-refractivity contribution is 6.40. The maximum atomic E-state index is 6.23. The van der Waals surface area contributed by atoms with Crippen LogP contribution < -0.4 is 0 Å². The van der Waals surface area contributed by atoms with E-state index in [1.54, 1.807) is 6.07 Å². The first-order valence-electron chi connectivity index (χ1n) is 6.10. The molecule has 1 aromatic heterocycles. The number of hydrogen-bond donors (Lipinski definition) is 0. The fourth-order valence-corrected chi connectivity index (χ4v) is 2.64. The second-order valence-electron chi connectivity index (χ2n) is 4.18. The van der Waals surface area contributed by atoms with E-state index in [1.165, 1.54) is 0 Å². The monoisotopic (exact) mass is 314 g/mol. The summed E-state index contributed by atoms with van der Waals surface area (Å²) in [4.78, 5) is 8.60. The number of unbranched alkanes of at least 4 members (excludes halogenated alkanes) is 1. The number of aryl methyl sites for hydroxylation is 1. The van der Waals surface area contributed by atoms with Crippen LogP contribution in [-0.4, -0.2) is 9.97 Å². The van der Waals surface area contributed by atoms with Gasteiger partial charge in [-0.2, -0.15) is 0 Å². The molecular formula is C14H13Cl3N2. The van der Waals surface area contributed by atoms with Crippen molar-refractivity contribution >= 4 is 34.8 Å². The van der Waals surface area contributed by atoms with E-state index in [4.69, 9.17) is 34.8 Å². The quantitative estimate of drug-likeness (QED) is 0.701. The first kappa shape index (κ1) is 14.6. The topological polar surface area (TPSA) is 25.8 Å². The molecule has 0 spiro atoms. The van der Waals surface area contributed by atoms with Crippen molar-refractivity contribution in [1.82, 2.24) is 9.97 Å². The highest BCUT2D eigenvalue weighted by Crippen LogP contribution is 2.36. The van der Waals surface area contributed by atoms with Crippen molar-refractivity contribution in [3.8, 4) is 11.1 Å². The van der Waals surface area contributed by atoms with E-state index in [1.807, 2.05) is 18.2 Å². The summed E-state index contributed by atoms with van der Waals surface area (Å²) in [6.45, 7) is 2.11. The molecule has 0 fully saturated rings. The van der Waals surface area contributed by atoms with Gasteiger partial charge >= 0.3 is 0 Å². The van der Waals surface area contributed by atoms with Gasteiger partial charge in [-0.1, -0.05) is 66.3 Å². The van der Waals surface area contributed by atoms with Crippen molar-refractivity contribution in [2.45, 2.75) is 26.2 Å². The van der Waals surface area contributed by atoms with Crippen LogP contribution in [-0.2, 0) is 6.42 Å². The predicted molar refractivity (Wildman–Crippen MR) is 81.1 cm³/mol. The third-order valence-corrected chi connectivity index (χ3v) is 3.64. The van der Waals surface area contributed by atoms with Crippen LogP contribution in [0, 0.1) is 0 Å². The van der Waals surface area contributed by atoms with Crippen LogP contribution in [0.2, 0.25) is 15.3 Å². The minimum Gasteiger partial charge on any atom is -0.220 e. The summed E-state index contributed by atoms with van der Waals surface area (Å²) in [6.07, 6.45) is 2.86. The summed E-state index contributed by atoms with van der Waals surface area (Å²) in [6, 6.07) is 7.36. The van der Waals surface area contributed by atoms with Crippen molar-refractivity contribution in [1.29, 1.82) is 0 Å². The number of nitrogens with zero attached hydrogens (tertiary/aromatic N) is 2. The Morgan fingerprint density at radius 3 is 2.21 bits per heavy atom. The molecule has 2 aromatic rings. The smallest absolute Gasteiger partial charge is 0.142 e. The van der Waals surface area contributed by atoms with Gasteiger partial charge in [0.15, 0.2) is 0 Å². The van der Waals surface area contributed by atoms with Crippen LogP contribution in [0.5, 0.6) is 0 Å². The molecule has 0 aliphatic rings. The summed E-state index contributed by atoms with van der Waals surface area (Å²) in [7, 11) is 0. The third-order valence-electron chi connectivity index (χ3n) is 2.76. The Morgan fingerprint density at radius 2 is 1.63 bits per heavy atom. The molecule has 0 unspecified atom stereocenters. The second-order valence-corrected chi connectivity index (χ2v) is 5.30. The Morgan fingerprint density at radius 1 is 1.00 bits per heavy atom. The van der Waals surface area contributed by atoms with E-state index in [9.17, 15) is 0 Å². The van der Waals surface area contributed by atoms with Gasteiger partial charge in [-0.25, -0.2) is 9.97 Å². The Bertz CT molecular complexity index is 562. The summed E-state index contributed by atoms with van der Waals surface area (Å²) in [5.74, 6) is 0.674. The maximum Gasteiger partial charge on any atom is 0.142 e. The fraction of sp³-hybridized carbons (Fsp3) is 0.286. The van der Waals surface area contributed by atoms with Gasteiger partial charge < -0.3 is 0 Å². The molecule has 5 heteroatoms. The summed E-state index contributed by atoms with van der Waals surface area (Å²) >= 11 is 18.6. The van der Waals surface area contributed by atoms with Crippen LogP contribution in [0.3, 0.4) is 0 Å². The summed E-state index contributed by atoms with van der Waals surface area (Å²) in [5, 5.41) is 1.27. The zero-order chi connectivity index (χ0) is 13.8. The van der Waals surface area contributed by atoms with Crippen LogP contribution in [0.25, 0.3) is 11.1 Å². The van der Waals surface area contributed by atoms with Crippen LogP contribution in [0.15, 0.2) is 24.3 Å². The zero-order valence-corrected chi connectivity index (χ0v) is 12.7. The molecule has 2 rings (SSSR count). The minimum atomic E-state index is 0.346. The average Bonchev–Trinajstić information content (AvgIpc) is 2.38. The number of halogens is 3. The van der Waals surface area contributed by atoms with Gasteiger partial charge in [-0.05, 0) is 12.5 Å². The lowest BCUT2D eigenvalue weighted by molar-refractivity contribution is 0.753. The van der Waals surface area contributed by atoms with E-state index < -0.39 is 0 Å². The molecule has 19 heavy (non-hydrogen) atoms. The Hall–Kier alpha value is -0.830. The maximum absolute atomic E-state index is 6.23. The standard InChI is InChI=1S/C14H13Cl3N2/c1-2-3-8-11-18-13(16)12(14(17)19-11)9-6-4-5-7-10(9)15/h4-7H,2-3,8H2,1H3. The van der Waals surface area contributed by atoms with Gasteiger partial charge in [-0.3, -0.25) is 0 Å². The molecule has 0 amide bonds. The summed E-state index contributed by atoms with van der Waals surface area (Å²) < 4.78 is 0. The first-order chi connectivity index (χ1) is 9.13. The number of hydrogen-bond acceptors (Lipinski definition) is 2. The van der Waals surface area contributed by atoms with Gasteiger partial charge in [0, 0.05) is 17.0 Å². The van der Waals surface area contributed by atoms with Crippen LogP contribution in [0.1, 0.15) is 25.6 Å². The van der Waals surface area contributed by atoms with Crippen molar-refractivity contribution in [3.05, 3.63) is 45.4 Å². The lowest BCUT2D eigenvalue weighted by Gasteiger charge is -2.09. The molecule has 100 valence electrons. The lowest BCUT2D eigenvalue weighted by Crippen LogP contribution is -1.99. The predicted octanol–water partition coefficient (Wildman–Crippen LogP) is 5.45. The van der Waals surface area contributed by atoms with Gasteiger partial charge in [0.2, 0.25) is 0 Å². The highest BCUT2D eigenvalue weighted by Gasteiger charge is 2.15. The molecular weight excluding hydrogens is 303 g/mol. The molecule has 0 aliphatic carbocycles. The zero-order valence-electron chi connectivity index (χ0n) is 10.5.